The van der Waals surface area contributed by atoms with Crippen LogP contribution in [0.3, 0.4) is 0 Å². The van der Waals surface area contributed by atoms with Gasteiger partial charge in [0.2, 0.25) is 0 Å². The summed E-state index contributed by atoms with van der Waals surface area (Å²) in [5, 5.41) is 20.4. The van der Waals surface area contributed by atoms with Crippen LogP contribution in [0.25, 0.3) is 0 Å². The number of phenolic OH excluding ortho intramolecular Hbond substituents is 1. The molecule has 0 unspecified atom stereocenters. The van der Waals surface area contributed by atoms with Gasteiger partial charge in [0.25, 0.3) is 5.91 Å². The number of phenols is 1. The minimum atomic E-state index is -0.311. The fraction of sp³-hybridized carbons (Fsp3) is 0.476. The SMILES string of the molecule is CCNC(=NCCNC(=O)c1ccccc1O)N(C)Cc1cn(C)nc1C(C)C.I. The van der Waals surface area contributed by atoms with Crippen molar-refractivity contribution in [2.45, 2.75) is 33.2 Å². The third kappa shape index (κ3) is 7.19. The molecule has 1 aromatic heterocycles. The van der Waals surface area contributed by atoms with E-state index >= 15 is 0 Å². The number of nitrogens with zero attached hydrogens (tertiary/aromatic N) is 4. The first kappa shape index (κ1) is 25.7. The van der Waals surface area contributed by atoms with Crippen molar-refractivity contribution >= 4 is 35.8 Å². The van der Waals surface area contributed by atoms with Crippen LogP contribution in [-0.4, -0.2) is 58.3 Å². The predicted octanol–water partition coefficient (Wildman–Crippen LogP) is 2.69. The molecule has 8 nitrogen and oxygen atoms in total. The Morgan fingerprint density at radius 1 is 1.30 bits per heavy atom. The summed E-state index contributed by atoms with van der Waals surface area (Å²) >= 11 is 0. The van der Waals surface area contributed by atoms with Crippen molar-refractivity contribution in [1.82, 2.24) is 25.3 Å². The van der Waals surface area contributed by atoms with Crippen LogP contribution in [0.5, 0.6) is 5.75 Å². The molecule has 0 saturated carbocycles. The zero-order valence-electron chi connectivity index (χ0n) is 18.3. The summed E-state index contributed by atoms with van der Waals surface area (Å²) in [4.78, 5) is 18.8. The number of carbonyl (C=O) groups excluding carboxylic acids is 1. The number of hydrogen-bond acceptors (Lipinski definition) is 4. The first-order valence-corrected chi connectivity index (χ1v) is 9.91. The lowest BCUT2D eigenvalue weighted by Crippen LogP contribution is -2.39. The Morgan fingerprint density at radius 2 is 2.00 bits per heavy atom. The Morgan fingerprint density at radius 3 is 2.63 bits per heavy atom. The summed E-state index contributed by atoms with van der Waals surface area (Å²) in [7, 11) is 3.92. The van der Waals surface area contributed by atoms with Gasteiger partial charge in [-0.15, -0.1) is 24.0 Å². The van der Waals surface area contributed by atoms with Gasteiger partial charge in [-0.25, -0.2) is 0 Å². The first-order valence-electron chi connectivity index (χ1n) is 9.91. The van der Waals surface area contributed by atoms with E-state index in [1.807, 2.05) is 31.9 Å². The molecule has 1 heterocycles. The second-order valence-corrected chi connectivity index (χ2v) is 7.23. The van der Waals surface area contributed by atoms with Crippen molar-refractivity contribution in [3.63, 3.8) is 0 Å². The molecule has 2 aromatic rings. The van der Waals surface area contributed by atoms with Gasteiger partial charge in [-0.1, -0.05) is 26.0 Å². The molecule has 0 radical (unpaired) electrons. The zero-order valence-corrected chi connectivity index (χ0v) is 20.7. The van der Waals surface area contributed by atoms with Gasteiger partial charge in [-0.2, -0.15) is 5.10 Å². The maximum atomic E-state index is 12.2. The molecule has 3 N–H and O–H groups in total. The predicted molar refractivity (Wildman–Crippen MR) is 131 cm³/mol. The summed E-state index contributed by atoms with van der Waals surface area (Å²) in [6, 6.07) is 6.48. The molecule has 1 aromatic carbocycles. The number of aliphatic imine (C=N–C) groups is 1. The number of para-hydroxylation sites is 1. The number of halogens is 1. The molecule has 166 valence electrons. The highest BCUT2D eigenvalue weighted by molar-refractivity contribution is 14.0. The largest absolute Gasteiger partial charge is 0.507 e. The molecule has 0 saturated heterocycles. The molecule has 0 bridgehead atoms. The molecule has 1 amide bonds. The van der Waals surface area contributed by atoms with Crippen LogP contribution in [0.4, 0.5) is 0 Å². The van der Waals surface area contributed by atoms with Crippen LogP contribution >= 0.6 is 24.0 Å². The fourth-order valence-electron chi connectivity index (χ4n) is 3.05. The van der Waals surface area contributed by atoms with Crippen molar-refractivity contribution < 1.29 is 9.90 Å². The molecule has 0 aliphatic rings. The molecule has 0 fully saturated rings. The minimum absolute atomic E-state index is 0. The highest BCUT2D eigenvalue weighted by Gasteiger charge is 2.15. The lowest BCUT2D eigenvalue weighted by atomic mass is 10.1. The van der Waals surface area contributed by atoms with Gasteiger partial charge in [0.05, 0.1) is 17.8 Å². The molecule has 2 rings (SSSR count). The summed E-state index contributed by atoms with van der Waals surface area (Å²) in [6.07, 6.45) is 2.04. The third-order valence-electron chi connectivity index (χ3n) is 4.40. The highest BCUT2D eigenvalue weighted by atomic mass is 127. The number of nitrogens with one attached hydrogen (secondary N) is 2. The van der Waals surface area contributed by atoms with E-state index in [9.17, 15) is 9.90 Å². The summed E-state index contributed by atoms with van der Waals surface area (Å²) in [5.74, 6) is 0.777. The number of aryl methyl sites for hydroxylation is 1. The lowest BCUT2D eigenvalue weighted by Gasteiger charge is -2.22. The average molecular weight is 528 g/mol. The van der Waals surface area contributed by atoms with Gasteiger partial charge >= 0.3 is 0 Å². The topological polar surface area (TPSA) is 94.8 Å². The van der Waals surface area contributed by atoms with E-state index in [1.54, 1.807) is 18.2 Å². The van der Waals surface area contributed by atoms with Crippen molar-refractivity contribution in [1.29, 1.82) is 0 Å². The Bertz CT molecular complexity index is 850. The molecular weight excluding hydrogens is 495 g/mol. The van der Waals surface area contributed by atoms with Crippen LogP contribution in [0.15, 0.2) is 35.5 Å². The number of carbonyl (C=O) groups is 1. The summed E-state index contributed by atoms with van der Waals surface area (Å²) in [5.41, 5.74) is 2.52. The van der Waals surface area contributed by atoms with Gasteiger partial charge in [0, 0.05) is 45.5 Å². The van der Waals surface area contributed by atoms with E-state index in [1.165, 1.54) is 11.6 Å². The standard InChI is InChI=1S/C21H32N6O2.HI/c1-6-22-21(26(4)13-16-14-27(5)25-19(16)15(2)3)24-12-11-23-20(29)17-9-7-8-10-18(17)28;/h7-10,14-15,28H,6,11-13H2,1-5H3,(H,22,24)(H,23,29);1H. The van der Waals surface area contributed by atoms with E-state index in [2.05, 4.69) is 39.5 Å². The number of rotatable bonds is 8. The number of aromatic hydroxyl groups is 1. The molecule has 0 atom stereocenters. The Kier molecular flexibility index (Phi) is 10.6. The average Bonchev–Trinajstić information content (AvgIpc) is 3.04. The first-order chi connectivity index (χ1) is 13.8. The van der Waals surface area contributed by atoms with Crippen LogP contribution in [0, 0.1) is 0 Å². The van der Waals surface area contributed by atoms with E-state index < -0.39 is 0 Å². The van der Waals surface area contributed by atoms with Gasteiger partial charge in [0.1, 0.15) is 5.75 Å². The van der Waals surface area contributed by atoms with Gasteiger partial charge in [-0.3, -0.25) is 14.5 Å². The number of amides is 1. The second kappa shape index (κ2) is 12.4. The Labute approximate surface area is 195 Å². The normalized spacial score (nSPS) is 11.2. The summed E-state index contributed by atoms with van der Waals surface area (Å²) < 4.78 is 1.84. The quantitative estimate of drug-likeness (QED) is 0.212. The number of guanidine groups is 1. The Balaban J connectivity index is 0.00000450. The summed E-state index contributed by atoms with van der Waals surface area (Å²) in [6.45, 7) is 8.54. The number of benzene rings is 1. The zero-order chi connectivity index (χ0) is 21.4. The molecule has 0 aliphatic heterocycles. The molecule has 9 heteroatoms. The van der Waals surface area contributed by atoms with Crippen molar-refractivity contribution in [3.05, 3.63) is 47.3 Å². The molecule has 0 spiro atoms. The van der Waals surface area contributed by atoms with Crippen LogP contribution in [0.2, 0.25) is 0 Å². The van der Waals surface area contributed by atoms with Gasteiger partial charge < -0.3 is 20.6 Å². The van der Waals surface area contributed by atoms with E-state index in [4.69, 9.17) is 0 Å². The van der Waals surface area contributed by atoms with Crippen molar-refractivity contribution in [2.75, 3.05) is 26.7 Å². The van der Waals surface area contributed by atoms with Crippen molar-refractivity contribution in [2.24, 2.45) is 12.0 Å². The van der Waals surface area contributed by atoms with Crippen molar-refractivity contribution in [3.8, 4) is 5.75 Å². The smallest absolute Gasteiger partial charge is 0.255 e. The lowest BCUT2D eigenvalue weighted by molar-refractivity contribution is 0.0952. The minimum Gasteiger partial charge on any atom is -0.507 e. The molecule has 30 heavy (non-hydrogen) atoms. The van der Waals surface area contributed by atoms with Gasteiger partial charge in [0.15, 0.2) is 5.96 Å². The van der Waals surface area contributed by atoms with Crippen LogP contribution in [-0.2, 0) is 13.6 Å². The van der Waals surface area contributed by atoms with E-state index in [-0.39, 0.29) is 41.2 Å². The fourth-order valence-corrected chi connectivity index (χ4v) is 3.05. The van der Waals surface area contributed by atoms with Crippen LogP contribution < -0.4 is 10.6 Å². The number of hydrogen-bond donors (Lipinski definition) is 3. The van der Waals surface area contributed by atoms with E-state index in [0.717, 1.165) is 18.2 Å². The molecule has 0 aliphatic carbocycles. The Hall–Kier alpha value is -2.30. The van der Waals surface area contributed by atoms with Crippen LogP contribution in [0.1, 0.15) is 48.3 Å². The maximum absolute atomic E-state index is 12.2. The monoisotopic (exact) mass is 528 g/mol. The highest BCUT2D eigenvalue weighted by Crippen LogP contribution is 2.18. The van der Waals surface area contributed by atoms with Gasteiger partial charge in [-0.05, 0) is 25.0 Å². The second-order valence-electron chi connectivity index (χ2n) is 7.23. The third-order valence-corrected chi connectivity index (χ3v) is 4.40. The van der Waals surface area contributed by atoms with E-state index in [0.29, 0.717) is 25.6 Å². The maximum Gasteiger partial charge on any atom is 0.255 e. The molecular formula is C21H33IN6O2. The number of aromatic nitrogens is 2.